The number of hydrogen-bond donors (Lipinski definition) is 0. The predicted molar refractivity (Wildman–Crippen MR) is 113 cm³/mol. The maximum Gasteiger partial charge on any atom is 0.259 e. The molecule has 3 rings (SSSR count). The lowest BCUT2D eigenvalue weighted by Gasteiger charge is -2.55. The Labute approximate surface area is 188 Å². The molecule has 0 bridgehead atoms. The molecule has 1 saturated carbocycles. The molecule has 1 saturated heterocycles. The molecule has 2 unspecified atom stereocenters. The third-order valence-corrected chi connectivity index (χ3v) is 6.13. The molecule has 180 valence electrons. The molecule has 1 aromatic heterocycles. The van der Waals surface area contributed by atoms with Crippen molar-refractivity contribution in [3.63, 3.8) is 0 Å². The molecule has 0 radical (unpaired) electrons. The predicted octanol–water partition coefficient (Wildman–Crippen LogP) is 3.80. The van der Waals surface area contributed by atoms with Gasteiger partial charge in [0.15, 0.2) is 5.60 Å². The van der Waals surface area contributed by atoms with Crippen LogP contribution in [0.2, 0.25) is 0 Å². The first kappa shape index (κ1) is 24.8. The summed E-state index contributed by atoms with van der Waals surface area (Å²) in [6, 6.07) is 3.30. The van der Waals surface area contributed by atoms with Gasteiger partial charge in [0.25, 0.3) is 5.91 Å². The van der Waals surface area contributed by atoms with Gasteiger partial charge in [-0.1, -0.05) is 13.8 Å². The van der Waals surface area contributed by atoms with E-state index in [1.165, 1.54) is 7.11 Å². The van der Waals surface area contributed by atoms with Crippen molar-refractivity contribution >= 4 is 5.91 Å². The highest BCUT2D eigenvalue weighted by atomic mass is 19.3. The van der Waals surface area contributed by atoms with Gasteiger partial charge in [-0.15, -0.1) is 0 Å². The second kappa shape index (κ2) is 10.4. The van der Waals surface area contributed by atoms with E-state index in [4.69, 9.17) is 18.9 Å². The van der Waals surface area contributed by atoms with Crippen molar-refractivity contribution in [1.29, 1.82) is 0 Å². The van der Waals surface area contributed by atoms with E-state index in [2.05, 4.69) is 18.8 Å². The Hall–Kier alpha value is -1.84. The van der Waals surface area contributed by atoms with Crippen molar-refractivity contribution in [3.8, 4) is 5.75 Å². The number of halogens is 2. The fraction of sp³-hybridized carbons (Fsp3) is 0.739. The molecule has 1 aromatic rings. The molecule has 2 heterocycles. The molecule has 2 aliphatic rings. The Morgan fingerprint density at radius 1 is 1.22 bits per heavy atom. The number of β-lactam (4-membered cyclic amide) rings is 1. The van der Waals surface area contributed by atoms with Gasteiger partial charge in [0.1, 0.15) is 19.3 Å². The number of rotatable bonds is 11. The highest BCUT2D eigenvalue weighted by Gasteiger charge is 2.62. The maximum atomic E-state index is 13.4. The quantitative estimate of drug-likeness (QED) is 0.373. The van der Waals surface area contributed by atoms with Crippen molar-refractivity contribution in [3.05, 3.63) is 24.0 Å². The minimum Gasteiger partial charge on any atom is -0.490 e. The number of ether oxygens (including phenoxy) is 4. The summed E-state index contributed by atoms with van der Waals surface area (Å²) in [5.41, 5.74) is -0.462. The Balaban J connectivity index is 1.77. The van der Waals surface area contributed by atoms with Crippen LogP contribution in [0.3, 0.4) is 0 Å². The average Bonchev–Trinajstić information content (AvgIpc) is 2.75. The molecule has 2 atom stereocenters. The SMILES string of the molecule is COCOC1(Cc2cc(OC3CCC(F)(F)CC3)ccn2)C(=O)N(COC)C1CC(C)C. The number of likely N-dealkylation sites (tertiary alicyclic amines) is 1. The van der Waals surface area contributed by atoms with Crippen LogP contribution in [0.5, 0.6) is 5.75 Å². The van der Waals surface area contributed by atoms with E-state index in [0.717, 1.165) is 6.42 Å². The summed E-state index contributed by atoms with van der Waals surface area (Å²) in [6.07, 6.45) is 2.66. The number of pyridine rings is 1. The van der Waals surface area contributed by atoms with E-state index in [1.54, 1.807) is 30.3 Å². The lowest BCUT2D eigenvalue weighted by Crippen LogP contribution is -2.76. The minimum atomic E-state index is -2.60. The first-order valence-corrected chi connectivity index (χ1v) is 11.1. The van der Waals surface area contributed by atoms with Gasteiger partial charge in [0.2, 0.25) is 5.92 Å². The van der Waals surface area contributed by atoms with Crippen LogP contribution in [0.15, 0.2) is 18.3 Å². The van der Waals surface area contributed by atoms with Gasteiger partial charge in [-0.25, -0.2) is 8.78 Å². The second-order valence-electron chi connectivity index (χ2n) is 9.11. The van der Waals surface area contributed by atoms with Gasteiger partial charge in [-0.2, -0.15) is 0 Å². The van der Waals surface area contributed by atoms with E-state index in [1.807, 2.05) is 0 Å². The van der Waals surface area contributed by atoms with Crippen molar-refractivity contribution < 1.29 is 32.5 Å². The lowest BCUT2D eigenvalue weighted by molar-refractivity contribution is -0.235. The van der Waals surface area contributed by atoms with Crippen LogP contribution < -0.4 is 4.74 Å². The molecule has 1 aliphatic carbocycles. The van der Waals surface area contributed by atoms with Crippen LogP contribution in [0.25, 0.3) is 0 Å². The summed E-state index contributed by atoms with van der Waals surface area (Å²) < 4.78 is 49.2. The average molecular weight is 457 g/mol. The van der Waals surface area contributed by atoms with Crippen LogP contribution >= 0.6 is 0 Å². The van der Waals surface area contributed by atoms with E-state index < -0.39 is 11.5 Å². The van der Waals surface area contributed by atoms with E-state index in [-0.39, 0.29) is 50.8 Å². The first-order chi connectivity index (χ1) is 15.2. The first-order valence-electron chi connectivity index (χ1n) is 11.1. The zero-order valence-electron chi connectivity index (χ0n) is 19.3. The van der Waals surface area contributed by atoms with Gasteiger partial charge in [-0.05, 0) is 31.2 Å². The van der Waals surface area contributed by atoms with Crippen molar-refractivity contribution in [2.45, 2.75) is 76.0 Å². The smallest absolute Gasteiger partial charge is 0.259 e. The van der Waals surface area contributed by atoms with Crippen LogP contribution in [-0.4, -0.2) is 67.2 Å². The second-order valence-corrected chi connectivity index (χ2v) is 9.11. The Morgan fingerprint density at radius 3 is 2.56 bits per heavy atom. The molecule has 2 fully saturated rings. The Kier molecular flexibility index (Phi) is 8.06. The molecule has 0 aromatic carbocycles. The third-order valence-electron chi connectivity index (χ3n) is 6.13. The van der Waals surface area contributed by atoms with Gasteiger partial charge in [0.05, 0.1) is 12.1 Å². The number of alkyl halides is 2. The fourth-order valence-electron chi connectivity index (χ4n) is 4.55. The number of carbonyl (C=O) groups is 1. The number of methoxy groups -OCH3 is 2. The number of nitrogens with zero attached hydrogens (tertiary/aromatic N) is 2. The van der Waals surface area contributed by atoms with Gasteiger partial charge in [-0.3, -0.25) is 9.78 Å². The van der Waals surface area contributed by atoms with Crippen LogP contribution in [0.1, 0.15) is 51.6 Å². The summed E-state index contributed by atoms with van der Waals surface area (Å²) in [5.74, 6) is -1.86. The van der Waals surface area contributed by atoms with Crippen LogP contribution in [0, 0.1) is 5.92 Å². The van der Waals surface area contributed by atoms with Gasteiger partial charge in [0, 0.05) is 51.4 Å². The fourth-order valence-corrected chi connectivity index (χ4v) is 4.55. The van der Waals surface area contributed by atoms with E-state index >= 15 is 0 Å². The highest BCUT2D eigenvalue weighted by molar-refractivity contribution is 5.93. The lowest BCUT2D eigenvalue weighted by atomic mass is 9.75. The van der Waals surface area contributed by atoms with Crippen molar-refractivity contribution in [1.82, 2.24) is 9.88 Å². The van der Waals surface area contributed by atoms with Gasteiger partial charge < -0.3 is 23.8 Å². The summed E-state index contributed by atoms with van der Waals surface area (Å²) in [6.45, 7) is 4.36. The third kappa shape index (κ3) is 5.55. The summed E-state index contributed by atoms with van der Waals surface area (Å²) in [4.78, 5) is 19.3. The molecule has 1 aliphatic heterocycles. The van der Waals surface area contributed by atoms with Crippen molar-refractivity contribution in [2.24, 2.45) is 5.92 Å². The maximum absolute atomic E-state index is 13.4. The zero-order valence-corrected chi connectivity index (χ0v) is 19.3. The standard InChI is InChI=1S/C23H34F2N2O5/c1-16(2)11-20-23(31-15-30-4,21(28)27(20)14-29-3)13-17-12-19(7-10-26-17)32-18-5-8-22(24,25)9-6-18/h7,10,12,16,18,20H,5-6,8-9,11,13-15H2,1-4H3. The topological polar surface area (TPSA) is 70.1 Å². The minimum absolute atomic E-state index is 0.0202. The number of aromatic nitrogens is 1. The van der Waals surface area contributed by atoms with Gasteiger partial charge >= 0.3 is 0 Å². The van der Waals surface area contributed by atoms with E-state index in [9.17, 15) is 13.6 Å². The number of hydrogen-bond acceptors (Lipinski definition) is 6. The molecule has 0 N–H and O–H groups in total. The molecular formula is C23H34F2N2O5. The summed E-state index contributed by atoms with van der Waals surface area (Å²) in [7, 11) is 3.07. The molecule has 9 heteroatoms. The summed E-state index contributed by atoms with van der Waals surface area (Å²) >= 11 is 0. The number of carbonyl (C=O) groups excluding carboxylic acids is 1. The van der Waals surface area contributed by atoms with Crippen LogP contribution in [0.4, 0.5) is 8.78 Å². The number of amides is 1. The van der Waals surface area contributed by atoms with Crippen LogP contribution in [-0.2, 0) is 25.4 Å². The van der Waals surface area contributed by atoms with E-state index in [0.29, 0.717) is 30.2 Å². The molecule has 1 amide bonds. The molecule has 7 nitrogen and oxygen atoms in total. The normalized spacial score (nSPS) is 25.8. The summed E-state index contributed by atoms with van der Waals surface area (Å²) in [5, 5.41) is 0. The molecule has 0 spiro atoms. The van der Waals surface area contributed by atoms with Crippen molar-refractivity contribution in [2.75, 3.05) is 27.7 Å². The zero-order chi connectivity index (χ0) is 23.4. The molecule has 32 heavy (non-hydrogen) atoms. The Bertz CT molecular complexity index is 769. The monoisotopic (exact) mass is 456 g/mol. The largest absolute Gasteiger partial charge is 0.490 e. The molecular weight excluding hydrogens is 422 g/mol. The highest BCUT2D eigenvalue weighted by Crippen LogP contribution is 2.41. The Morgan fingerprint density at radius 2 is 1.94 bits per heavy atom.